The summed E-state index contributed by atoms with van der Waals surface area (Å²) in [5.74, 6) is 0.921. The van der Waals surface area contributed by atoms with Crippen LogP contribution >= 0.6 is 23.2 Å². The lowest BCUT2D eigenvalue weighted by Gasteiger charge is -2.13. The molecule has 0 aliphatic rings. The highest BCUT2D eigenvalue weighted by molar-refractivity contribution is 6.39. The van der Waals surface area contributed by atoms with Crippen molar-refractivity contribution in [3.05, 3.63) is 57.7 Å². The second-order valence-electron chi connectivity index (χ2n) is 6.23. The van der Waals surface area contributed by atoms with E-state index in [0.717, 1.165) is 5.69 Å². The van der Waals surface area contributed by atoms with Crippen LogP contribution in [0.3, 0.4) is 0 Å². The lowest BCUT2D eigenvalue weighted by Crippen LogP contribution is -2.05. The van der Waals surface area contributed by atoms with Gasteiger partial charge in [-0.25, -0.2) is 9.78 Å². The predicted octanol–water partition coefficient (Wildman–Crippen LogP) is 5.49. The Bertz CT molecular complexity index is 1120. The second kappa shape index (κ2) is 9.24. The van der Waals surface area contributed by atoms with Gasteiger partial charge in [-0.2, -0.15) is 0 Å². The number of nitrogens with zero attached hydrogens (tertiary/aromatic N) is 1. The average molecular weight is 448 g/mol. The van der Waals surface area contributed by atoms with Crippen LogP contribution in [0.25, 0.3) is 17.0 Å². The van der Waals surface area contributed by atoms with E-state index < -0.39 is 5.97 Å². The van der Waals surface area contributed by atoms with Crippen molar-refractivity contribution in [3.8, 4) is 23.0 Å². The van der Waals surface area contributed by atoms with Crippen molar-refractivity contribution in [1.29, 1.82) is 0 Å². The molecule has 0 N–H and O–H groups in total. The topological polar surface area (TPSA) is 66.9 Å². The van der Waals surface area contributed by atoms with E-state index in [1.54, 1.807) is 24.3 Å². The molecule has 30 heavy (non-hydrogen) atoms. The lowest BCUT2D eigenvalue weighted by molar-refractivity contribution is -0.128. The number of carbonyl (C=O) groups excluding carboxylic acids is 1. The number of benzene rings is 2. The third kappa shape index (κ3) is 4.45. The largest absolute Gasteiger partial charge is 0.493 e. The van der Waals surface area contributed by atoms with Crippen LogP contribution in [0.15, 0.2) is 36.4 Å². The van der Waals surface area contributed by atoms with E-state index in [0.29, 0.717) is 38.7 Å². The van der Waals surface area contributed by atoms with E-state index >= 15 is 0 Å². The van der Waals surface area contributed by atoms with Crippen molar-refractivity contribution in [2.24, 2.45) is 0 Å². The highest BCUT2D eigenvalue weighted by Gasteiger charge is 2.16. The number of carbonyl (C=O) groups is 1. The van der Waals surface area contributed by atoms with Crippen LogP contribution in [0, 0.1) is 6.92 Å². The van der Waals surface area contributed by atoms with E-state index in [4.69, 9.17) is 42.1 Å². The summed E-state index contributed by atoms with van der Waals surface area (Å²) in [5, 5.41) is 1.26. The van der Waals surface area contributed by atoms with Gasteiger partial charge < -0.3 is 18.9 Å². The van der Waals surface area contributed by atoms with Gasteiger partial charge in [0.15, 0.2) is 17.2 Å². The van der Waals surface area contributed by atoms with E-state index in [9.17, 15) is 4.79 Å². The molecule has 0 aliphatic heterocycles. The lowest BCUT2D eigenvalue weighted by atomic mass is 10.1. The molecule has 0 atom stereocenters. The number of rotatable bonds is 6. The van der Waals surface area contributed by atoms with E-state index in [1.165, 1.54) is 33.5 Å². The second-order valence-corrected chi connectivity index (χ2v) is 7.05. The van der Waals surface area contributed by atoms with Crippen LogP contribution in [-0.2, 0) is 4.79 Å². The zero-order valence-corrected chi connectivity index (χ0v) is 18.3. The summed E-state index contributed by atoms with van der Waals surface area (Å²) < 4.78 is 21.4. The van der Waals surface area contributed by atoms with E-state index in [-0.39, 0.29) is 10.8 Å². The van der Waals surface area contributed by atoms with Gasteiger partial charge in [0.25, 0.3) is 0 Å². The number of hydrogen-bond acceptors (Lipinski definition) is 6. The fourth-order valence-electron chi connectivity index (χ4n) is 2.88. The highest BCUT2D eigenvalue weighted by Crippen LogP contribution is 2.39. The number of hydrogen-bond donors (Lipinski definition) is 0. The van der Waals surface area contributed by atoms with E-state index in [1.807, 2.05) is 13.0 Å². The fraction of sp³-hybridized carbons (Fsp3) is 0.182. The zero-order chi connectivity index (χ0) is 21.8. The van der Waals surface area contributed by atoms with Gasteiger partial charge in [-0.05, 0) is 48.9 Å². The number of pyridine rings is 1. The molecule has 2 aromatic carbocycles. The van der Waals surface area contributed by atoms with Crippen molar-refractivity contribution in [1.82, 2.24) is 4.98 Å². The van der Waals surface area contributed by atoms with Crippen molar-refractivity contribution in [2.75, 3.05) is 21.3 Å². The van der Waals surface area contributed by atoms with Gasteiger partial charge in [0.1, 0.15) is 5.52 Å². The quantitative estimate of drug-likeness (QED) is 0.282. The Morgan fingerprint density at radius 3 is 2.20 bits per heavy atom. The van der Waals surface area contributed by atoms with Gasteiger partial charge >= 0.3 is 5.97 Å². The third-order valence-corrected chi connectivity index (χ3v) is 4.87. The number of ether oxygens (including phenoxy) is 4. The number of halogens is 2. The van der Waals surface area contributed by atoms with Gasteiger partial charge in [-0.15, -0.1) is 0 Å². The number of methoxy groups -OCH3 is 3. The molecule has 0 aliphatic carbocycles. The molecule has 156 valence electrons. The summed E-state index contributed by atoms with van der Waals surface area (Å²) in [6.45, 7) is 1.82. The van der Waals surface area contributed by atoms with Gasteiger partial charge in [0, 0.05) is 17.2 Å². The molecule has 0 unspecified atom stereocenters. The highest BCUT2D eigenvalue weighted by atomic mass is 35.5. The molecule has 0 saturated heterocycles. The number of aromatic nitrogens is 1. The minimum atomic E-state index is -0.627. The summed E-state index contributed by atoms with van der Waals surface area (Å²) in [6, 6.07) is 8.56. The summed E-state index contributed by atoms with van der Waals surface area (Å²) in [6.07, 6.45) is 2.84. The summed E-state index contributed by atoms with van der Waals surface area (Å²) in [4.78, 5) is 16.9. The molecular formula is C22H19Cl2NO5. The minimum Gasteiger partial charge on any atom is -0.493 e. The Balaban J connectivity index is 1.91. The normalized spacial score (nSPS) is 11.0. The summed E-state index contributed by atoms with van der Waals surface area (Å²) in [5.41, 5.74) is 1.82. The van der Waals surface area contributed by atoms with Crippen molar-refractivity contribution in [2.45, 2.75) is 6.92 Å². The van der Waals surface area contributed by atoms with Crippen LogP contribution in [0.5, 0.6) is 23.0 Å². The first-order valence-electron chi connectivity index (χ1n) is 8.83. The van der Waals surface area contributed by atoms with Crippen LogP contribution in [0.1, 0.15) is 11.3 Å². The first-order valence-corrected chi connectivity index (χ1v) is 9.58. The minimum absolute atomic E-state index is 0.152. The number of fused-ring (bicyclic) bond motifs is 1. The third-order valence-electron chi connectivity index (χ3n) is 4.28. The van der Waals surface area contributed by atoms with Crippen molar-refractivity contribution < 1.29 is 23.7 Å². The standard InChI is InChI=1S/C22H19Cl2NO5/c1-12-5-7-14-15(23)11-16(24)21(20(14)25-12)30-19(26)8-6-13-9-17(27-2)22(29-4)18(10-13)28-3/h5-11H,1-4H3/b8-6+. The monoisotopic (exact) mass is 447 g/mol. The predicted molar refractivity (Wildman–Crippen MR) is 117 cm³/mol. The van der Waals surface area contributed by atoms with Crippen molar-refractivity contribution in [3.63, 3.8) is 0 Å². The molecule has 0 radical (unpaired) electrons. The molecule has 1 aromatic heterocycles. The molecule has 3 rings (SSSR count). The van der Waals surface area contributed by atoms with Gasteiger partial charge in [0.05, 0.1) is 31.4 Å². The number of esters is 1. The maximum Gasteiger partial charge on any atom is 0.336 e. The Morgan fingerprint density at radius 1 is 0.933 bits per heavy atom. The van der Waals surface area contributed by atoms with Crippen LogP contribution in [0.2, 0.25) is 10.0 Å². The molecule has 8 heteroatoms. The molecule has 0 amide bonds. The fourth-order valence-corrected chi connectivity index (χ4v) is 3.44. The molecule has 0 saturated carbocycles. The van der Waals surface area contributed by atoms with Gasteiger partial charge in [-0.3, -0.25) is 0 Å². The summed E-state index contributed by atoms with van der Waals surface area (Å²) in [7, 11) is 4.55. The van der Waals surface area contributed by atoms with Crippen LogP contribution < -0.4 is 18.9 Å². The first-order chi connectivity index (χ1) is 14.4. The Labute approximate surface area is 183 Å². The Hall–Kier alpha value is -2.96. The average Bonchev–Trinajstić information content (AvgIpc) is 2.74. The van der Waals surface area contributed by atoms with Crippen LogP contribution in [0.4, 0.5) is 0 Å². The van der Waals surface area contributed by atoms with E-state index in [2.05, 4.69) is 4.98 Å². The van der Waals surface area contributed by atoms with Gasteiger partial charge in [-0.1, -0.05) is 23.2 Å². The molecule has 3 aromatic rings. The maximum atomic E-state index is 12.5. The van der Waals surface area contributed by atoms with Crippen LogP contribution in [-0.4, -0.2) is 32.3 Å². The molecule has 6 nitrogen and oxygen atoms in total. The SMILES string of the molecule is COc1cc(/C=C/C(=O)Oc2c(Cl)cc(Cl)c3ccc(C)nc23)cc(OC)c1OC. The molecule has 0 fully saturated rings. The maximum absolute atomic E-state index is 12.5. The summed E-state index contributed by atoms with van der Waals surface area (Å²) >= 11 is 12.5. The zero-order valence-electron chi connectivity index (χ0n) is 16.8. The molecule has 0 spiro atoms. The van der Waals surface area contributed by atoms with Gasteiger partial charge in [0.2, 0.25) is 5.75 Å². The molecule has 1 heterocycles. The Morgan fingerprint density at radius 2 is 1.60 bits per heavy atom. The molecule has 0 bridgehead atoms. The smallest absolute Gasteiger partial charge is 0.336 e. The Kier molecular flexibility index (Phi) is 6.70. The number of aryl methyl sites for hydroxylation is 1. The molecular weight excluding hydrogens is 429 g/mol. The van der Waals surface area contributed by atoms with Crippen molar-refractivity contribution >= 4 is 46.2 Å². The first kappa shape index (κ1) is 21.7.